The van der Waals surface area contributed by atoms with Gasteiger partial charge in [-0.3, -0.25) is 4.90 Å². The number of hydrogen-bond acceptors (Lipinski definition) is 12. The fraction of sp³-hybridized carbons (Fsp3) is 0.575. The maximum atomic E-state index is 13.5. The number of nitrogens with zero attached hydrogens (tertiary/aromatic N) is 4. The summed E-state index contributed by atoms with van der Waals surface area (Å²) >= 11 is 0. The Morgan fingerprint density at radius 1 is 1.02 bits per heavy atom. The van der Waals surface area contributed by atoms with Crippen LogP contribution in [0.1, 0.15) is 59.3 Å². The van der Waals surface area contributed by atoms with Crippen molar-refractivity contribution in [1.82, 2.24) is 19.9 Å². The van der Waals surface area contributed by atoms with Gasteiger partial charge in [-0.25, -0.2) is 9.48 Å². The lowest BCUT2D eigenvalue weighted by molar-refractivity contribution is -0.174. The van der Waals surface area contributed by atoms with Gasteiger partial charge in [-0.2, -0.15) is 0 Å². The van der Waals surface area contributed by atoms with Crippen molar-refractivity contribution in [2.45, 2.75) is 74.8 Å². The predicted octanol–water partition coefficient (Wildman–Crippen LogP) is 3.93. The number of rotatable bonds is 19. The largest absolute Gasteiger partial charge is 0.481 e. The summed E-state index contributed by atoms with van der Waals surface area (Å²) in [7, 11) is 1.64. The first-order valence-corrected chi connectivity index (χ1v) is 19.0. The third kappa shape index (κ3) is 7.10. The number of nitrogens with one attached hydrogen (secondary N) is 1. The molecule has 0 radical (unpaired) electrons. The molecule has 1 spiro atoms. The lowest BCUT2D eigenvalue weighted by Crippen LogP contribution is -2.75. The molecule has 284 valence electrons. The normalized spacial score (nSPS) is 25.6. The fourth-order valence-electron chi connectivity index (χ4n) is 8.91. The standard InChI is InChI=1S/C40H51N5O8/c1-27-11-12-40(47)34-23-30-7-10-33(36-35(30)39(40,37(27)53-36)13-14-44(34)25-28-3-4-28)52-38(46)29-5-8-31(9-6-29)41-24-32-26-45(43-42-32)15-16-49-19-20-51-22-21-50-18-17-48-2/h5-10,26,28,34,37,41,47H,1,3-4,11-25H2,2H3/t34?,37-,39-,40+/m0/s1. The third-order valence-corrected chi connectivity index (χ3v) is 11.7. The minimum atomic E-state index is -0.908. The Kier molecular flexibility index (Phi) is 10.6. The van der Waals surface area contributed by atoms with Gasteiger partial charge in [0.25, 0.3) is 0 Å². The van der Waals surface area contributed by atoms with Crippen molar-refractivity contribution >= 4 is 11.7 Å². The summed E-state index contributed by atoms with van der Waals surface area (Å²) in [4.78, 5) is 16.0. The molecule has 13 heteroatoms. The number of benzene rings is 2. The Balaban J connectivity index is 0.838. The van der Waals surface area contributed by atoms with E-state index >= 15 is 0 Å². The van der Waals surface area contributed by atoms with Gasteiger partial charge in [0.1, 0.15) is 11.8 Å². The molecular weight excluding hydrogens is 678 g/mol. The highest BCUT2D eigenvalue weighted by Crippen LogP contribution is 2.66. The second-order valence-electron chi connectivity index (χ2n) is 15.0. The van der Waals surface area contributed by atoms with Crippen molar-refractivity contribution in [2.24, 2.45) is 5.92 Å². The molecular formula is C40H51N5O8. The Morgan fingerprint density at radius 2 is 1.77 bits per heavy atom. The number of anilines is 1. The summed E-state index contributed by atoms with van der Waals surface area (Å²) in [6.07, 6.45) is 7.11. The molecule has 2 N–H and O–H groups in total. The summed E-state index contributed by atoms with van der Waals surface area (Å²) in [6.45, 7) is 11.1. The first-order valence-electron chi connectivity index (χ1n) is 19.0. The summed E-state index contributed by atoms with van der Waals surface area (Å²) < 4.78 is 35.9. The quantitative estimate of drug-likeness (QED) is 0.0801. The Bertz CT molecular complexity index is 1780. The van der Waals surface area contributed by atoms with Crippen LogP contribution in [-0.4, -0.2) is 115 Å². The van der Waals surface area contributed by atoms with E-state index in [1.165, 1.54) is 18.4 Å². The van der Waals surface area contributed by atoms with Crippen molar-refractivity contribution in [3.63, 3.8) is 0 Å². The van der Waals surface area contributed by atoms with Gasteiger partial charge in [0.2, 0.25) is 0 Å². The number of piperidine rings is 1. The van der Waals surface area contributed by atoms with Crippen LogP contribution in [0.15, 0.2) is 54.7 Å². The summed E-state index contributed by atoms with van der Waals surface area (Å²) in [5, 5.41) is 24.4. The van der Waals surface area contributed by atoms with Crippen LogP contribution in [0.4, 0.5) is 5.69 Å². The Morgan fingerprint density at radius 3 is 2.53 bits per heavy atom. The van der Waals surface area contributed by atoms with Gasteiger partial charge in [-0.1, -0.05) is 17.9 Å². The molecule has 2 saturated carbocycles. The molecule has 1 unspecified atom stereocenters. The zero-order valence-electron chi connectivity index (χ0n) is 30.6. The van der Waals surface area contributed by atoms with E-state index in [1.807, 2.05) is 24.4 Å². The van der Waals surface area contributed by atoms with Gasteiger partial charge in [-0.05, 0) is 92.5 Å². The highest BCUT2D eigenvalue weighted by molar-refractivity contribution is 5.92. The number of ether oxygens (including phenoxy) is 6. The maximum Gasteiger partial charge on any atom is 0.343 e. The highest BCUT2D eigenvalue weighted by atomic mass is 16.6. The molecule has 3 aliphatic carbocycles. The number of carbonyl (C=O) groups excluding carboxylic acids is 1. The number of hydrogen-bond donors (Lipinski definition) is 2. The average Bonchev–Trinajstić information content (AvgIpc) is 3.74. The maximum absolute atomic E-state index is 13.5. The van der Waals surface area contributed by atoms with Gasteiger partial charge in [-0.15, -0.1) is 5.10 Å². The molecule has 2 aromatic carbocycles. The van der Waals surface area contributed by atoms with Crippen LogP contribution in [0.5, 0.6) is 11.5 Å². The van der Waals surface area contributed by atoms with E-state index < -0.39 is 17.0 Å². The molecule has 1 aromatic heterocycles. The number of aromatic nitrogens is 3. The molecule has 2 bridgehead atoms. The van der Waals surface area contributed by atoms with Gasteiger partial charge in [0.05, 0.1) is 82.1 Å². The fourth-order valence-corrected chi connectivity index (χ4v) is 8.91. The van der Waals surface area contributed by atoms with Crippen LogP contribution >= 0.6 is 0 Å². The minimum absolute atomic E-state index is 0.0564. The zero-order valence-corrected chi connectivity index (χ0v) is 30.6. The van der Waals surface area contributed by atoms with E-state index in [0.717, 1.165) is 60.8 Å². The van der Waals surface area contributed by atoms with E-state index in [-0.39, 0.29) is 12.1 Å². The van der Waals surface area contributed by atoms with Crippen LogP contribution in [-0.2, 0) is 43.9 Å². The van der Waals surface area contributed by atoms with E-state index in [1.54, 1.807) is 23.9 Å². The second-order valence-corrected chi connectivity index (χ2v) is 15.0. The van der Waals surface area contributed by atoms with Crippen molar-refractivity contribution in [3.05, 3.63) is 77.1 Å². The second kappa shape index (κ2) is 15.5. The number of esters is 1. The molecule has 53 heavy (non-hydrogen) atoms. The van der Waals surface area contributed by atoms with Crippen LogP contribution in [0, 0.1) is 5.92 Å². The summed E-state index contributed by atoms with van der Waals surface area (Å²) in [5.74, 6) is 1.28. The topological polar surface area (TPSA) is 139 Å². The third-order valence-electron chi connectivity index (χ3n) is 11.7. The molecule has 2 aliphatic heterocycles. The van der Waals surface area contributed by atoms with Crippen molar-refractivity contribution in [3.8, 4) is 11.5 Å². The van der Waals surface area contributed by atoms with Gasteiger partial charge >= 0.3 is 5.97 Å². The number of likely N-dealkylation sites (tertiary alicyclic amines) is 1. The molecule has 1 saturated heterocycles. The van der Waals surface area contributed by atoms with Crippen molar-refractivity contribution in [2.75, 3.05) is 71.8 Å². The molecule has 13 nitrogen and oxygen atoms in total. The van der Waals surface area contributed by atoms with E-state index in [9.17, 15) is 9.90 Å². The Labute approximate surface area is 310 Å². The summed E-state index contributed by atoms with van der Waals surface area (Å²) in [6, 6.07) is 11.2. The van der Waals surface area contributed by atoms with Crippen LogP contribution < -0.4 is 14.8 Å². The zero-order chi connectivity index (χ0) is 36.4. The molecule has 0 amide bonds. The molecule has 3 fully saturated rings. The van der Waals surface area contributed by atoms with E-state index in [2.05, 4.69) is 33.2 Å². The van der Waals surface area contributed by atoms with Crippen LogP contribution in [0.25, 0.3) is 0 Å². The molecule has 4 atom stereocenters. The van der Waals surface area contributed by atoms with Crippen molar-refractivity contribution in [1.29, 1.82) is 0 Å². The number of aliphatic hydroxyl groups is 1. The highest BCUT2D eigenvalue weighted by Gasteiger charge is 2.72. The van der Waals surface area contributed by atoms with Gasteiger partial charge in [0, 0.05) is 30.9 Å². The SMILES string of the molecule is C=C1CC[C@@]2(O)C3Cc4ccc(OC(=O)c5ccc(NCc6cn(CCOCCOCCOCCOC)nn6)cc5)c5c4[C@@]2(CCN3CC2CC2)[C@H]1O5. The molecule has 3 aromatic rings. The minimum Gasteiger partial charge on any atom is -0.481 e. The first kappa shape index (κ1) is 36.1. The van der Waals surface area contributed by atoms with Gasteiger partial charge < -0.3 is 38.8 Å². The van der Waals surface area contributed by atoms with Crippen LogP contribution in [0.2, 0.25) is 0 Å². The van der Waals surface area contributed by atoms with Crippen LogP contribution in [0.3, 0.4) is 0 Å². The lowest BCUT2D eigenvalue weighted by Gasteiger charge is -2.63. The Hall–Kier alpha value is -3.85. The first-order chi connectivity index (χ1) is 25.9. The molecule has 3 heterocycles. The van der Waals surface area contributed by atoms with E-state index in [0.29, 0.717) is 82.8 Å². The molecule has 8 rings (SSSR count). The van der Waals surface area contributed by atoms with E-state index in [4.69, 9.17) is 28.4 Å². The van der Waals surface area contributed by atoms with Crippen molar-refractivity contribution < 1.29 is 38.3 Å². The summed E-state index contributed by atoms with van der Waals surface area (Å²) in [5.41, 5.74) is 3.80. The van der Waals surface area contributed by atoms with Gasteiger partial charge in [0.15, 0.2) is 11.5 Å². The lowest BCUT2D eigenvalue weighted by atomic mass is 9.48. The smallest absolute Gasteiger partial charge is 0.343 e. The predicted molar refractivity (Wildman–Crippen MR) is 195 cm³/mol. The average molecular weight is 730 g/mol. The molecule has 5 aliphatic rings. The number of methoxy groups -OCH3 is 1. The monoisotopic (exact) mass is 729 g/mol. The number of carbonyl (C=O) groups is 1.